The van der Waals surface area contributed by atoms with Crippen molar-refractivity contribution < 1.29 is 4.79 Å². The number of nitrogens with one attached hydrogen (secondary N) is 1. The van der Waals surface area contributed by atoms with Crippen molar-refractivity contribution >= 4 is 17.2 Å². The summed E-state index contributed by atoms with van der Waals surface area (Å²) in [6.07, 6.45) is 6.23. The van der Waals surface area contributed by atoms with Gasteiger partial charge in [-0.1, -0.05) is 26.2 Å². The van der Waals surface area contributed by atoms with Gasteiger partial charge in [-0.15, -0.1) is 11.3 Å². The Labute approximate surface area is 95.7 Å². The van der Waals surface area contributed by atoms with Gasteiger partial charge >= 0.3 is 0 Å². The van der Waals surface area contributed by atoms with E-state index < -0.39 is 0 Å². The molecule has 0 atom stereocenters. The molecule has 1 amide bonds. The Morgan fingerprint density at radius 2 is 2.13 bits per heavy atom. The van der Waals surface area contributed by atoms with Crippen molar-refractivity contribution in [3.8, 4) is 0 Å². The minimum Gasteiger partial charge on any atom is -0.354 e. The van der Waals surface area contributed by atoms with Crippen LogP contribution >= 0.6 is 11.3 Å². The highest BCUT2D eigenvalue weighted by molar-refractivity contribution is 7.14. The number of amides is 1. The van der Waals surface area contributed by atoms with E-state index in [1.165, 1.54) is 30.6 Å². The molecule has 0 aliphatic rings. The molecule has 0 aliphatic heterocycles. The van der Waals surface area contributed by atoms with Gasteiger partial charge < -0.3 is 5.32 Å². The van der Waals surface area contributed by atoms with Gasteiger partial charge in [0, 0.05) is 11.9 Å². The Balaban J connectivity index is 2.36. The first kappa shape index (κ1) is 12.2. The summed E-state index contributed by atoms with van der Waals surface area (Å²) in [5.41, 5.74) is 0. The molecule has 84 valence electrons. The van der Waals surface area contributed by atoms with E-state index in [4.69, 9.17) is 0 Å². The third-order valence-electron chi connectivity index (χ3n) is 2.39. The summed E-state index contributed by atoms with van der Waals surface area (Å²) in [5, 5.41) is 2.64. The predicted octanol–water partition coefficient (Wildman–Crippen LogP) is 3.23. The lowest BCUT2D eigenvalue weighted by Crippen LogP contribution is -2.15. The maximum atomic E-state index is 11.3. The number of thiophene rings is 1. The van der Waals surface area contributed by atoms with Gasteiger partial charge in [0.05, 0.1) is 4.88 Å². The molecule has 3 heteroatoms. The molecule has 1 rings (SSSR count). The standard InChI is InChI=1S/C12H19NOS/c1-3-4-5-6-7-10-8-9-11(15-10)12(14)13-2/h8-9H,3-7H2,1-2H3,(H,13,14). The number of unbranched alkanes of at least 4 members (excludes halogenated alkanes) is 3. The Bertz CT molecular complexity index is 306. The third kappa shape index (κ3) is 4.04. The van der Waals surface area contributed by atoms with E-state index in [1.54, 1.807) is 18.4 Å². The highest BCUT2D eigenvalue weighted by Crippen LogP contribution is 2.18. The van der Waals surface area contributed by atoms with Crippen molar-refractivity contribution in [2.75, 3.05) is 7.05 Å². The second-order valence-electron chi connectivity index (χ2n) is 3.66. The van der Waals surface area contributed by atoms with Crippen LogP contribution in [0.4, 0.5) is 0 Å². The molecule has 0 saturated carbocycles. The fourth-order valence-electron chi connectivity index (χ4n) is 1.48. The molecule has 2 nitrogen and oxygen atoms in total. The van der Waals surface area contributed by atoms with Crippen molar-refractivity contribution in [3.05, 3.63) is 21.9 Å². The molecule has 0 spiro atoms. The van der Waals surface area contributed by atoms with Crippen LogP contribution in [0.15, 0.2) is 12.1 Å². The number of rotatable bonds is 6. The lowest BCUT2D eigenvalue weighted by molar-refractivity contribution is 0.0967. The quantitative estimate of drug-likeness (QED) is 0.740. The van der Waals surface area contributed by atoms with E-state index in [2.05, 4.69) is 18.3 Å². The summed E-state index contributed by atoms with van der Waals surface area (Å²) in [7, 11) is 1.67. The molecule has 0 aliphatic carbocycles. The topological polar surface area (TPSA) is 29.1 Å². The van der Waals surface area contributed by atoms with E-state index >= 15 is 0 Å². The van der Waals surface area contributed by atoms with Crippen LogP contribution in [0.25, 0.3) is 0 Å². The van der Waals surface area contributed by atoms with E-state index in [1.807, 2.05) is 6.07 Å². The van der Waals surface area contributed by atoms with E-state index in [9.17, 15) is 4.79 Å². The fraction of sp³-hybridized carbons (Fsp3) is 0.583. The maximum Gasteiger partial charge on any atom is 0.261 e. The molecular weight excluding hydrogens is 206 g/mol. The second kappa shape index (κ2) is 6.62. The molecule has 0 unspecified atom stereocenters. The summed E-state index contributed by atoms with van der Waals surface area (Å²) < 4.78 is 0. The van der Waals surface area contributed by atoms with Gasteiger partial charge in [-0.3, -0.25) is 4.79 Å². The monoisotopic (exact) mass is 225 g/mol. The molecule has 0 bridgehead atoms. The van der Waals surface area contributed by atoms with Crippen LogP contribution in [0.5, 0.6) is 0 Å². The van der Waals surface area contributed by atoms with Crippen molar-refractivity contribution in [1.29, 1.82) is 0 Å². The zero-order valence-electron chi connectivity index (χ0n) is 9.51. The molecule has 0 fully saturated rings. The van der Waals surface area contributed by atoms with Crippen LogP contribution in [-0.2, 0) is 6.42 Å². The van der Waals surface area contributed by atoms with E-state index in [0.717, 1.165) is 11.3 Å². The molecule has 1 aromatic rings. The van der Waals surface area contributed by atoms with E-state index in [-0.39, 0.29) is 5.91 Å². The second-order valence-corrected chi connectivity index (χ2v) is 4.82. The Hall–Kier alpha value is -0.830. The molecule has 1 aromatic heterocycles. The van der Waals surface area contributed by atoms with Crippen LogP contribution in [0.2, 0.25) is 0 Å². The lowest BCUT2D eigenvalue weighted by Gasteiger charge is -1.97. The maximum absolute atomic E-state index is 11.3. The first-order chi connectivity index (χ1) is 7.27. The Morgan fingerprint density at radius 1 is 1.33 bits per heavy atom. The summed E-state index contributed by atoms with van der Waals surface area (Å²) in [5.74, 6) is 0.0276. The smallest absolute Gasteiger partial charge is 0.261 e. The minimum atomic E-state index is 0.0276. The molecule has 1 N–H and O–H groups in total. The zero-order chi connectivity index (χ0) is 11.1. The van der Waals surface area contributed by atoms with Gasteiger partial charge in [-0.25, -0.2) is 0 Å². The SMILES string of the molecule is CCCCCCc1ccc(C(=O)NC)s1. The third-order valence-corrected chi connectivity index (χ3v) is 3.53. The summed E-state index contributed by atoms with van der Waals surface area (Å²) in [4.78, 5) is 13.4. The van der Waals surface area contributed by atoms with Crippen LogP contribution < -0.4 is 5.32 Å². The number of hydrogen-bond donors (Lipinski definition) is 1. The molecule has 1 heterocycles. The van der Waals surface area contributed by atoms with Crippen molar-refractivity contribution in [3.63, 3.8) is 0 Å². The number of carbonyl (C=O) groups excluding carboxylic acids is 1. The Morgan fingerprint density at radius 3 is 2.80 bits per heavy atom. The summed E-state index contributed by atoms with van der Waals surface area (Å²) in [6, 6.07) is 3.99. The van der Waals surface area contributed by atoms with Gasteiger partial charge in [-0.2, -0.15) is 0 Å². The van der Waals surface area contributed by atoms with Crippen LogP contribution in [0, 0.1) is 0 Å². The van der Waals surface area contributed by atoms with Gasteiger partial charge in [0.1, 0.15) is 0 Å². The largest absolute Gasteiger partial charge is 0.354 e. The molecule has 15 heavy (non-hydrogen) atoms. The average Bonchev–Trinajstić information content (AvgIpc) is 2.72. The minimum absolute atomic E-state index is 0.0276. The molecule has 0 radical (unpaired) electrons. The first-order valence-electron chi connectivity index (χ1n) is 5.58. The predicted molar refractivity (Wildman–Crippen MR) is 65.6 cm³/mol. The van der Waals surface area contributed by atoms with Gasteiger partial charge in [0.15, 0.2) is 0 Å². The van der Waals surface area contributed by atoms with Gasteiger partial charge in [-0.05, 0) is 25.0 Å². The summed E-state index contributed by atoms with van der Waals surface area (Å²) in [6.45, 7) is 2.22. The van der Waals surface area contributed by atoms with Gasteiger partial charge in [0.2, 0.25) is 0 Å². The Kier molecular flexibility index (Phi) is 5.40. The van der Waals surface area contributed by atoms with Crippen molar-refractivity contribution in [2.24, 2.45) is 0 Å². The van der Waals surface area contributed by atoms with Crippen molar-refractivity contribution in [1.82, 2.24) is 5.32 Å². The normalized spacial score (nSPS) is 10.3. The van der Waals surface area contributed by atoms with Gasteiger partial charge in [0.25, 0.3) is 5.91 Å². The number of carbonyl (C=O) groups is 1. The molecule has 0 saturated heterocycles. The summed E-state index contributed by atoms with van der Waals surface area (Å²) >= 11 is 1.61. The first-order valence-corrected chi connectivity index (χ1v) is 6.40. The van der Waals surface area contributed by atoms with Crippen LogP contribution in [-0.4, -0.2) is 13.0 Å². The zero-order valence-corrected chi connectivity index (χ0v) is 10.3. The number of hydrogen-bond acceptors (Lipinski definition) is 2. The fourth-order valence-corrected chi connectivity index (χ4v) is 2.48. The van der Waals surface area contributed by atoms with Crippen LogP contribution in [0.1, 0.15) is 47.2 Å². The average molecular weight is 225 g/mol. The van der Waals surface area contributed by atoms with Crippen LogP contribution in [0.3, 0.4) is 0 Å². The van der Waals surface area contributed by atoms with E-state index in [0.29, 0.717) is 0 Å². The molecule has 0 aromatic carbocycles. The highest BCUT2D eigenvalue weighted by atomic mass is 32.1. The van der Waals surface area contributed by atoms with Crippen molar-refractivity contribution in [2.45, 2.75) is 39.0 Å². The molecular formula is C12H19NOS. The highest BCUT2D eigenvalue weighted by Gasteiger charge is 2.06. The number of aryl methyl sites for hydroxylation is 1. The lowest BCUT2D eigenvalue weighted by atomic mass is 10.1.